The SMILES string of the molecule is C[Si](C)C(C)(C)COCC(C)(C)c1c(I)c2c(OCc3ccccc3)cccc2n1-c1ccc(F)cc1. The lowest BCUT2D eigenvalue weighted by Gasteiger charge is -2.32. The summed E-state index contributed by atoms with van der Waals surface area (Å²) in [4.78, 5) is 0. The van der Waals surface area contributed by atoms with Gasteiger partial charge in [0.05, 0.1) is 26.3 Å². The van der Waals surface area contributed by atoms with Crippen LogP contribution in [0.3, 0.4) is 0 Å². The predicted molar refractivity (Wildman–Crippen MR) is 162 cm³/mol. The maximum atomic E-state index is 13.9. The molecule has 4 aromatic rings. The van der Waals surface area contributed by atoms with Gasteiger partial charge in [-0.25, -0.2) is 4.39 Å². The van der Waals surface area contributed by atoms with Gasteiger partial charge < -0.3 is 14.0 Å². The van der Waals surface area contributed by atoms with Crippen LogP contribution in [0.5, 0.6) is 5.75 Å². The maximum Gasteiger partial charge on any atom is 0.130 e. The molecule has 0 saturated heterocycles. The number of ether oxygens (including phenoxy) is 2. The quantitative estimate of drug-likeness (QED) is 0.130. The van der Waals surface area contributed by atoms with Crippen molar-refractivity contribution in [2.75, 3.05) is 13.2 Å². The summed E-state index contributed by atoms with van der Waals surface area (Å²) in [5.41, 5.74) is 3.92. The molecule has 0 bridgehead atoms. The Morgan fingerprint density at radius 3 is 2.19 bits per heavy atom. The van der Waals surface area contributed by atoms with Gasteiger partial charge in [0, 0.05) is 27.0 Å². The molecule has 0 aliphatic carbocycles. The van der Waals surface area contributed by atoms with Gasteiger partial charge in [-0.1, -0.05) is 77.2 Å². The first-order chi connectivity index (χ1) is 17.5. The first-order valence-electron chi connectivity index (χ1n) is 12.7. The molecule has 3 nitrogen and oxygen atoms in total. The van der Waals surface area contributed by atoms with Crippen LogP contribution in [0, 0.1) is 9.39 Å². The first-order valence-corrected chi connectivity index (χ1v) is 16.2. The number of hydrogen-bond donors (Lipinski definition) is 0. The zero-order chi connectivity index (χ0) is 26.8. The molecule has 1 aromatic heterocycles. The van der Waals surface area contributed by atoms with Gasteiger partial charge in [0.15, 0.2) is 0 Å². The summed E-state index contributed by atoms with van der Waals surface area (Å²) in [7, 11) is -0.493. The zero-order valence-corrected chi connectivity index (χ0v) is 25.7. The summed E-state index contributed by atoms with van der Waals surface area (Å²) in [5.74, 6) is 0.597. The summed E-state index contributed by atoms with van der Waals surface area (Å²) in [5, 5.41) is 1.26. The number of nitrogens with zero attached hydrogens (tertiary/aromatic N) is 1. The van der Waals surface area contributed by atoms with Gasteiger partial charge in [0.25, 0.3) is 0 Å². The van der Waals surface area contributed by atoms with E-state index in [1.807, 2.05) is 42.5 Å². The van der Waals surface area contributed by atoms with Crippen molar-refractivity contribution in [1.29, 1.82) is 0 Å². The Bertz CT molecular complexity index is 1350. The Labute approximate surface area is 235 Å². The van der Waals surface area contributed by atoms with E-state index in [1.54, 1.807) is 0 Å². The second-order valence-electron chi connectivity index (χ2n) is 11.2. The number of rotatable bonds is 10. The maximum absolute atomic E-state index is 13.9. The molecular formula is C31H36FINO2Si. The third-order valence-corrected chi connectivity index (χ3v) is 11.0. The first kappa shape index (κ1) is 27.9. The summed E-state index contributed by atoms with van der Waals surface area (Å²) in [6.45, 7) is 15.5. The van der Waals surface area contributed by atoms with Gasteiger partial charge in [-0.05, 0) is 69.6 Å². The Balaban J connectivity index is 1.79. The Morgan fingerprint density at radius 2 is 1.54 bits per heavy atom. The predicted octanol–water partition coefficient (Wildman–Crippen LogP) is 8.78. The van der Waals surface area contributed by atoms with Crippen LogP contribution in [0.15, 0.2) is 72.8 Å². The van der Waals surface area contributed by atoms with E-state index in [2.05, 4.69) is 86.1 Å². The highest BCUT2D eigenvalue weighted by Gasteiger charge is 2.33. The monoisotopic (exact) mass is 628 g/mol. The van der Waals surface area contributed by atoms with E-state index in [1.165, 1.54) is 12.1 Å². The fourth-order valence-electron chi connectivity index (χ4n) is 4.35. The Hall–Kier alpha value is -2.16. The van der Waals surface area contributed by atoms with Crippen molar-refractivity contribution in [3.8, 4) is 11.4 Å². The summed E-state index contributed by atoms with van der Waals surface area (Å²) in [6, 6.07) is 23.1. The average Bonchev–Trinajstić information content (AvgIpc) is 3.17. The van der Waals surface area contributed by atoms with Crippen molar-refractivity contribution in [3.63, 3.8) is 0 Å². The van der Waals surface area contributed by atoms with Crippen molar-refractivity contribution in [3.05, 3.63) is 93.4 Å². The summed E-state index contributed by atoms with van der Waals surface area (Å²) >= 11 is 2.45. The molecule has 6 heteroatoms. The molecule has 0 saturated carbocycles. The molecule has 0 amide bonds. The standard InChI is InChI=1S/C31H36FINO2Si/c1-30(2,20-35-21-31(3,4)37(5)6)29-28(33)27-25(34(29)24-17-15-23(32)16-18-24)13-10-14-26(27)36-19-22-11-8-7-9-12-22/h7-18H,19-21H2,1-6H3. The molecule has 0 N–H and O–H groups in total. The van der Waals surface area contributed by atoms with Crippen LogP contribution in [0.2, 0.25) is 18.1 Å². The van der Waals surface area contributed by atoms with Crippen LogP contribution in [0.1, 0.15) is 39.0 Å². The van der Waals surface area contributed by atoms with E-state index in [4.69, 9.17) is 9.47 Å². The van der Waals surface area contributed by atoms with Crippen LogP contribution in [0.4, 0.5) is 4.39 Å². The van der Waals surface area contributed by atoms with Gasteiger partial charge in [0.1, 0.15) is 18.2 Å². The molecule has 0 atom stereocenters. The molecule has 0 spiro atoms. The molecule has 1 radical (unpaired) electrons. The van der Waals surface area contributed by atoms with E-state index in [0.29, 0.717) is 13.2 Å². The average molecular weight is 629 g/mol. The number of fused-ring (bicyclic) bond motifs is 1. The molecule has 3 aromatic carbocycles. The molecule has 195 valence electrons. The summed E-state index contributed by atoms with van der Waals surface area (Å²) < 4.78 is 30.0. The van der Waals surface area contributed by atoms with Crippen LogP contribution >= 0.6 is 22.6 Å². The Morgan fingerprint density at radius 1 is 0.865 bits per heavy atom. The number of benzene rings is 3. The molecule has 0 fully saturated rings. The Kier molecular flexibility index (Phi) is 8.50. The normalized spacial score (nSPS) is 12.5. The van der Waals surface area contributed by atoms with Crippen LogP contribution in [-0.2, 0) is 16.8 Å². The van der Waals surface area contributed by atoms with E-state index in [9.17, 15) is 4.39 Å². The fraction of sp³-hybridized carbons (Fsp3) is 0.355. The van der Waals surface area contributed by atoms with E-state index >= 15 is 0 Å². The summed E-state index contributed by atoms with van der Waals surface area (Å²) in [6.07, 6.45) is 0. The highest BCUT2D eigenvalue weighted by atomic mass is 127. The fourth-order valence-corrected chi connectivity index (χ4v) is 6.26. The largest absolute Gasteiger partial charge is 0.488 e. The molecule has 0 aliphatic heterocycles. The molecule has 4 rings (SSSR count). The number of hydrogen-bond acceptors (Lipinski definition) is 2. The minimum Gasteiger partial charge on any atom is -0.488 e. The van der Waals surface area contributed by atoms with Crippen molar-refractivity contribution in [1.82, 2.24) is 4.57 Å². The van der Waals surface area contributed by atoms with Crippen LogP contribution < -0.4 is 4.74 Å². The minimum absolute atomic E-state index is 0.190. The van der Waals surface area contributed by atoms with Gasteiger partial charge in [-0.15, -0.1) is 0 Å². The van der Waals surface area contributed by atoms with Crippen molar-refractivity contribution in [2.45, 2.75) is 57.8 Å². The highest BCUT2D eigenvalue weighted by molar-refractivity contribution is 14.1. The van der Waals surface area contributed by atoms with Gasteiger partial charge in [-0.2, -0.15) is 0 Å². The second-order valence-corrected chi connectivity index (χ2v) is 15.6. The second kappa shape index (κ2) is 11.3. The zero-order valence-electron chi connectivity index (χ0n) is 22.6. The van der Waals surface area contributed by atoms with Gasteiger partial charge in [-0.3, -0.25) is 0 Å². The highest BCUT2D eigenvalue weighted by Crippen LogP contribution is 2.42. The van der Waals surface area contributed by atoms with E-state index in [-0.39, 0.29) is 16.3 Å². The molecule has 37 heavy (non-hydrogen) atoms. The number of halogens is 2. The molecule has 1 heterocycles. The van der Waals surface area contributed by atoms with Crippen LogP contribution in [-0.4, -0.2) is 26.6 Å². The van der Waals surface area contributed by atoms with Crippen LogP contribution in [0.25, 0.3) is 16.6 Å². The van der Waals surface area contributed by atoms with E-state index < -0.39 is 8.80 Å². The van der Waals surface area contributed by atoms with Crippen molar-refractivity contribution < 1.29 is 13.9 Å². The van der Waals surface area contributed by atoms with Crippen molar-refractivity contribution in [2.24, 2.45) is 0 Å². The van der Waals surface area contributed by atoms with Gasteiger partial charge >= 0.3 is 0 Å². The lowest BCUT2D eigenvalue weighted by atomic mass is 9.90. The van der Waals surface area contributed by atoms with Gasteiger partial charge in [0.2, 0.25) is 0 Å². The topological polar surface area (TPSA) is 23.4 Å². The number of aromatic nitrogens is 1. The molecule has 0 unspecified atom stereocenters. The smallest absolute Gasteiger partial charge is 0.130 e. The lowest BCUT2D eigenvalue weighted by Crippen LogP contribution is -2.32. The third kappa shape index (κ3) is 6.12. The molecule has 0 aliphatic rings. The minimum atomic E-state index is -0.493. The van der Waals surface area contributed by atoms with Crippen molar-refractivity contribution >= 4 is 42.3 Å². The lowest BCUT2D eigenvalue weighted by molar-refractivity contribution is 0.0765. The third-order valence-electron chi connectivity index (χ3n) is 7.14. The van der Waals surface area contributed by atoms with E-state index in [0.717, 1.165) is 43.8 Å². The molecular weight excluding hydrogens is 592 g/mol.